The topological polar surface area (TPSA) is 46.6 Å². The van der Waals surface area contributed by atoms with Gasteiger partial charge in [-0.1, -0.05) is 59.1 Å². The maximum atomic E-state index is 13.8. The molecule has 2 aliphatic rings. The highest BCUT2D eigenvalue weighted by Crippen LogP contribution is 2.76. The van der Waals surface area contributed by atoms with Gasteiger partial charge in [0.05, 0.1) is 24.1 Å². The number of halogens is 3. The summed E-state index contributed by atoms with van der Waals surface area (Å²) in [6.45, 7) is 1.85. The maximum absolute atomic E-state index is 13.8. The second-order valence-electron chi connectivity index (χ2n) is 8.29. The molecular weight excluding hydrogens is 469 g/mol. The number of rotatable bonds is 4. The van der Waals surface area contributed by atoms with Crippen LogP contribution in [0, 0.1) is 11.3 Å². The second kappa shape index (κ2) is 7.24. The Balaban J connectivity index is 1.67. The van der Waals surface area contributed by atoms with Crippen LogP contribution < -0.4 is 9.64 Å². The molecule has 162 valence electrons. The lowest BCUT2D eigenvalue weighted by Gasteiger charge is -2.29. The Morgan fingerprint density at radius 2 is 1.34 bits per heavy atom. The van der Waals surface area contributed by atoms with E-state index in [0.29, 0.717) is 26.5 Å². The average molecular weight is 487 g/mol. The molecule has 0 radical (unpaired) electrons. The molecule has 0 bridgehead atoms. The minimum Gasteiger partial charge on any atom is -0.497 e. The highest BCUT2D eigenvalue weighted by molar-refractivity contribution is 6.36. The first kappa shape index (κ1) is 21.3. The number of benzene rings is 3. The number of anilines is 1. The summed E-state index contributed by atoms with van der Waals surface area (Å²) >= 11 is 18.4. The van der Waals surface area contributed by atoms with E-state index >= 15 is 0 Å². The molecule has 2 fully saturated rings. The molecule has 3 aromatic rings. The third kappa shape index (κ3) is 2.70. The van der Waals surface area contributed by atoms with Crippen molar-refractivity contribution >= 4 is 52.3 Å². The van der Waals surface area contributed by atoms with Crippen molar-refractivity contribution in [3.05, 3.63) is 92.9 Å². The number of fused-ring (bicyclic) bond motifs is 1. The van der Waals surface area contributed by atoms with Gasteiger partial charge in [0.25, 0.3) is 0 Å². The Hall–Kier alpha value is -2.53. The summed E-state index contributed by atoms with van der Waals surface area (Å²) in [6, 6.07) is 19.6. The van der Waals surface area contributed by atoms with Crippen molar-refractivity contribution < 1.29 is 14.3 Å². The van der Waals surface area contributed by atoms with E-state index in [1.165, 1.54) is 4.90 Å². The van der Waals surface area contributed by atoms with Gasteiger partial charge in [0.1, 0.15) is 5.75 Å². The van der Waals surface area contributed by atoms with Crippen LogP contribution in [0.2, 0.25) is 15.1 Å². The van der Waals surface area contributed by atoms with E-state index < -0.39 is 16.7 Å². The molecule has 7 heteroatoms. The maximum Gasteiger partial charge on any atom is 0.241 e. The van der Waals surface area contributed by atoms with Gasteiger partial charge in [0, 0.05) is 20.5 Å². The molecule has 1 saturated heterocycles. The number of amides is 2. The first-order valence-corrected chi connectivity index (χ1v) is 11.1. The predicted octanol–water partition coefficient (Wildman–Crippen LogP) is 6.15. The zero-order valence-corrected chi connectivity index (χ0v) is 19.5. The molecule has 2 amide bonds. The Bertz CT molecular complexity index is 1240. The van der Waals surface area contributed by atoms with Gasteiger partial charge < -0.3 is 4.74 Å². The standard InChI is InChI=1S/C25H18Cl3NO3/c1-24-21(22(30)29(23(24)31)19-12-17(27)11-18(28)13-19)25(24,14-3-7-16(26)8-4-14)15-5-9-20(32-2)10-6-15/h3-13,21H,1-2H3/t21?,24-,25-/m1/s1. The number of hydrogen-bond acceptors (Lipinski definition) is 3. The highest BCUT2D eigenvalue weighted by Gasteiger charge is 2.86. The number of nitrogens with zero attached hydrogens (tertiary/aromatic N) is 1. The summed E-state index contributed by atoms with van der Waals surface area (Å²) in [5, 5.41) is 1.30. The first-order chi connectivity index (χ1) is 15.2. The molecule has 1 saturated carbocycles. The van der Waals surface area contributed by atoms with Crippen LogP contribution in [0.4, 0.5) is 5.69 Å². The molecule has 5 rings (SSSR count). The zero-order chi connectivity index (χ0) is 22.8. The van der Waals surface area contributed by atoms with Crippen LogP contribution in [0.5, 0.6) is 5.75 Å². The summed E-state index contributed by atoms with van der Waals surface area (Å²) in [7, 11) is 1.60. The molecule has 0 N–H and O–H groups in total. The fraction of sp³-hybridized carbons (Fsp3) is 0.200. The number of hydrogen-bond donors (Lipinski definition) is 0. The molecule has 1 heterocycles. The smallest absolute Gasteiger partial charge is 0.241 e. The van der Waals surface area contributed by atoms with Crippen LogP contribution in [-0.2, 0) is 15.0 Å². The quantitative estimate of drug-likeness (QED) is 0.415. The van der Waals surface area contributed by atoms with Gasteiger partial charge in [0.2, 0.25) is 11.8 Å². The molecule has 1 unspecified atom stereocenters. The van der Waals surface area contributed by atoms with Crippen molar-refractivity contribution in [2.24, 2.45) is 11.3 Å². The van der Waals surface area contributed by atoms with Crippen LogP contribution in [0.25, 0.3) is 0 Å². The Morgan fingerprint density at radius 3 is 1.81 bits per heavy atom. The fourth-order valence-corrected chi connectivity index (χ4v) is 6.02. The van der Waals surface area contributed by atoms with Crippen LogP contribution in [0.3, 0.4) is 0 Å². The molecule has 1 aliphatic carbocycles. The molecule has 0 aromatic heterocycles. The average Bonchev–Trinajstić information content (AvgIpc) is 3.28. The first-order valence-electron chi connectivity index (χ1n) is 10.00. The molecule has 0 spiro atoms. The summed E-state index contributed by atoms with van der Waals surface area (Å²) in [5.74, 6) is -0.433. The van der Waals surface area contributed by atoms with E-state index in [-0.39, 0.29) is 11.8 Å². The minimum absolute atomic E-state index is 0.276. The van der Waals surface area contributed by atoms with Gasteiger partial charge in [-0.2, -0.15) is 0 Å². The Morgan fingerprint density at radius 1 is 0.812 bits per heavy atom. The number of ether oxygens (including phenoxy) is 1. The summed E-state index contributed by atoms with van der Waals surface area (Å²) in [5.41, 5.74) is 0.340. The molecule has 1 aliphatic heterocycles. The monoisotopic (exact) mass is 485 g/mol. The summed E-state index contributed by atoms with van der Waals surface area (Å²) in [4.78, 5) is 28.7. The van der Waals surface area contributed by atoms with Gasteiger partial charge in [-0.05, 0) is 60.5 Å². The van der Waals surface area contributed by atoms with E-state index in [1.54, 1.807) is 37.4 Å². The normalized spacial score (nSPS) is 26.3. The van der Waals surface area contributed by atoms with E-state index in [2.05, 4.69) is 0 Å². The molecule has 32 heavy (non-hydrogen) atoms. The van der Waals surface area contributed by atoms with Gasteiger partial charge in [-0.25, -0.2) is 4.90 Å². The fourth-order valence-electron chi connectivity index (χ4n) is 5.38. The zero-order valence-electron chi connectivity index (χ0n) is 17.2. The van der Waals surface area contributed by atoms with Crippen LogP contribution >= 0.6 is 34.8 Å². The van der Waals surface area contributed by atoms with Crippen molar-refractivity contribution in [3.63, 3.8) is 0 Å². The van der Waals surface area contributed by atoms with Crippen molar-refractivity contribution in [1.82, 2.24) is 0 Å². The lowest BCUT2D eigenvalue weighted by atomic mass is 9.79. The van der Waals surface area contributed by atoms with Crippen molar-refractivity contribution in [2.75, 3.05) is 12.0 Å². The minimum atomic E-state index is -0.971. The molecular formula is C25H18Cl3NO3. The van der Waals surface area contributed by atoms with Gasteiger partial charge >= 0.3 is 0 Å². The van der Waals surface area contributed by atoms with Gasteiger partial charge in [-0.3, -0.25) is 9.59 Å². The van der Waals surface area contributed by atoms with E-state index in [4.69, 9.17) is 39.5 Å². The third-order valence-electron chi connectivity index (χ3n) is 6.81. The van der Waals surface area contributed by atoms with E-state index in [9.17, 15) is 9.59 Å². The van der Waals surface area contributed by atoms with Gasteiger partial charge in [-0.15, -0.1) is 0 Å². The van der Waals surface area contributed by atoms with Crippen molar-refractivity contribution in [3.8, 4) is 5.75 Å². The van der Waals surface area contributed by atoms with E-state index in [1.807, 2.05) is 43.3 Å². The van der Waals surface area contributed by atoms with Crippen LogP contribution in [0.1, 0.15) is 18.1 Å². The van der Waals surface area contributed by atoms with Crippen molar-refractivity contribution in [1.29, 1.82) is 0 Å². The predicted molar refractivity (Wildman–Crippen MR) is 126 cm³/mol. The number of piperidine rings is 1. The lowest BCUT2D eigenvalue weighted by molar-refractivity contribution is -0.125. The number of imide groups is 1. The SMILES string of the molecule is COc1ccc([C@]2(c3ccc(Cl)cc3)C3C(=O)N(c4cc(Cl)cc(Cl)c4)C(=O)[C@@]32C)cc1. The third-order valence-corrected chi connectivity index (χ3v) is 7.50. The summed E-state index contributed by atoms with van der Waals surface area (Å²) < 4.78 is 5.30. The van der Waals surface area contributed by atoms with Crippen LogP contribution in [0.15, 0.2) is 66.7 Å². The second-order valence-corrected chi connectivity index (χ2v) is 9.59. The number of carbonyl (C=O) groups excluding carboxylic acids is 2. The largest absolute Gasteiger partial charge is 0.497 e. The number of methoxy groups -OCH3 is 1. The molecule has 3 atom stereocenters. The lowest BCUT2D eigenvalue weighted by Crippen LogP contribution is -2.42. The summed E-state index contributed by atoms with van der Waals surface area (Å²) in [6.07, 6.45) is 0. The highest BCUT2D eigenvalue weighted by atomic mass is 35.5. The van der Waals surface area contributed by atoms with E-state index in [0.717, 1.165) is 11.1 Å². The van der Waals surface area contributed by atoms with Gasteiger partial charge in [0.15, 0.2) is 0 Å². The Kier molecular flexibility index (Phi) is 4.82. The van der Waals surface area contributed by atoms with Crippen LogP contribution in [-0.4, -0.2) is 18.9 Å². The molecule has 3 aromatic carbocycles. The van der Waals surface area contributed by atoms with Crippen molar-refractivity contribution in [2.45, 2.75) is 12.3 Å². The Labute approximate surface area is 200 Å². The molecule has 4 nitrogen and oxygen atoms in total. The number of carbonyl (C=O) groups is 2.